The fourth-order valence-corrected chi connectivity index (χ4v) is 3.01. The topological polar surface area (TPSA) is 71.5 Å². The van der Waals surface area contributed by atoms with Crippen molar-refractivity contribution in [3.05, 3.63) is 36.7 Å². The normalized spacial score (nSPS) is 14.6. The van der Waals surface area contributed by atoms with Crippen LogP contribution in [0.15, 0.2) is 36.7 Å². The molecule has 1 fully saturated rings. The van der Waals surface area contributed by atoms with Crippen molar-refractivity contribution in [2.45, 2.75) is 6.10 Å². The van der Waals surface area contributed by atoms with Crippen molar-refractivity contribution in [3.8, 4) is 22.8 Å². The molecule has 2 aromatic heterocycles. The number of fused-ring (bicyclic) bond motifs is 1. The van der Waals surface area contributed by atoms with Gasteiger partial charge in [0.05, 0.1) is 20.3 Å². The van der Waals surface area contributed by atoms with Crippen LogP contribution in [0.2, 0.25) is 0 Å². The van der Waals surface area contributed by atoms with E-state index >= 15 is 0 Å². The minimum atomic E-state index is 0.0959. The molecule has 1 aliphatic rings. The number of pyridine rings is 1. The van der Waals surface area contributed by atoms with Gasteiger partial charge in [0.15, 0.2) is 0 Å². The summed E-state index contributed by atoms with van der Waals surface area (Å²) in [5.41, 5.74) is 9.66. The number of nitrogens with zero attached hydrogens (tertiary/aromatic N) is 2. The SMILES string of the molecule is COc1nccc2c(-c3cc(N)ccc3OC3COC3)cn(C)c12. The first kappa shape index (κ1) is 14.8. The minimum absolute atomic E-state index is 0.0959. The lowest BCUT2D eigenvalue weighted by molar-refractivity contribution is -0.0794. The number of hydrogen-bond acceptors (Lipinski definition) is 5. The summed E-state index contributed by atoms with van der Waals surface area (Å²) in [7, 11) is 3.60. The first-order chi connectivity index (χ1) is 11.7. The number of ether oxygens (including phenoxy) is 3. The molecule has 1 aromatic carbocycles. The number of hydrogen-bond donors (Lipinski definition) is 1. The fraction of sp³-hybridized carbons (Fsp3) is 0.278. The Morgan fingerprint density at radius 3 is 2.79 bits per heavy atom. The minimum Gasteiger partial charge on any atom is -0.485 e. The predicted octanol–water partition coefficient (Wildman–Crippen LogP) is 2.61. The highest BCUT2D eigenvalue weighted by molar-refractivity contribution is 5.99. The number of nitrogens with two attached hydrogens (primary N) is 1. The molecular weight excluding hydrogens is 306 g/mol. The molecule has 1 aliphatic heterocycles. The molecule has 24 heavy (non-hydrogen) atoms. The number of nitrogen functional groups attached to an aromatic ring is 1. The molecule has 2 N–H and O–H groups in total. The Labute approximate surface area is 139 Å². The van der Waals surface area contributed by atoms with Crippen LogP contribution in [0.5, 0.6) is 11.6 Å². The van der Waals surface area contributed by atoms with Crippen LogP contribution >= 0.6 is 0 Å². The summed E-state index contributed by atoms with van der Waals surface area (Å²) in [4.78, 5) is 4.29. The Bertz CT molecular complexity index is 900. The zero-order chi connectivity index (χ0) is 16.7. The molecule has 124 valence electrons. The Morgan fingerprint density at radius 1 is 1.25 bits per heavy atom. The van der Waals surface area contributed by atoms with Crippen LogP contribution in [0.25, 0.3) is 22.0 Å². The maximum absolute atomic E-state index is 6.07. The van der Waals surface area contributed by atoms with E-state index in [2.05, 4.69) is 4.98 Å². The quantitative estimate of drug-likeness (QED) is 0.747. The molecule has 0 saturated carbocycles. The molecule has 3 heterocycles. The first-order valence-corrected chi connectivity index (χ1v) is 7.79. The molecular formula is C18H19N3O3. The van der Waals surface area contributed by atoms with Crippen molar-refractivity contribution in [3.63, 3.8) is 0 Å². The fourth-order valence-electron chi connectivity index (χ4n) is 3.01. The maximum atomic E-state index is 6.07. The number of aromatic nitrogens is 2. The summed E-state index contributed by atoms with van der Waals surface area (Å²) < 4.78 is 18.7. The van der Waals surface area contributed by atoms with Crippen LogP contribution in [-0.4, -0.2) is 36.0 Å². The van der Waals surface area contributed by atoms with Crippen molar-refractivity contribution < 1.29 is 14.2 Å². The van der Waals surface area contributed by atoms with Gasteiger partial charge in [0, 0.05) is 41.6 Å². The highest BCUT2D eigenvalue weighted by Crippen LogP contribution is 2.39. The molecule has 0 bridgehead atoms. The van der Waals surface area contributed by atoms with Crippen molar-refractivity contribution in [2.24, 2.45) is 7.05 Å². The Balaban J connectivity index is 1.89. The van der Waals surface area contributed by atoms with Crippen LogP contribution in [0.4, 0.5) is 5.69 Å². The average molecular weight is 325 g/mol. The molecule has 1 saturated heterocycles. The maximum Gasteiger partial charge on any atom is 0.238 e. The summed E-state index contributed by atoms with van der Waals surface area (Å²) in [5.74, 6) is 1.40. The molecule has 6 nitrogen and oxygen atoms in total. The van der Waals surface area contributed by atoms with Crippen LogP contribution < -0.4 is 15.2 Å². The van der Waals surface area contributed by atoms with E-state index in [4.69, 9.17) is 19.9 Å². The Morgan fingerprint density at radius 2 is 2.08 bits per heavy atom. The molecule has 0 amide bonds. The van der Waals surface area contributed by atoms with Crippen molar-refractivity contribution in [1.29, 1.82) is 0 Å². The van der Waals surface area contributed by atoms with E-state index in [9.17, 15) is 0 Å². The summed E-state index contributed by atoms with van der Waals surface area (Å²) in [5, 5.41) is 1.05. The third kappa shape index (κ3) is 2.35. The van der Waals surface area contributed by atoms with E-state index in [1.54, 1.807) is 13.3 Å². The lowest BCUT2D eigenvalue weighted by Gasteiger charge is -2.27. The van der Waals surface area contributed by atoms with Crippen molar-refractivity contribution in [1.82, 2.24) is 9.55 Å². The van der Waals surface area contributed by atoms with Crippen molar-refractivity contribution in [2.75, 3.05) is 26.1 Å². The second kappa shape index (κ2) is 5.72. The smallest absolute Gasteiger partial charge is 0.238 e. The van der Waals surface area contributed by atoms with Crippen LogP contribution in [-0.2, 0) is 11.8 Å². The number of aryl methyl sites for hydroxylation is 1. The molecule has 0 unspecified atom stereocenters. The third-order valence-electron chi connectivity index (χ3n) is 4.24. The van der Waals surface area contributed by atoms with E-state index in [0.717, 1.165) is 27.8 Å². The van der Waals surface area contributed by atoms with Gasteiger partial charge in [0.1, 0.15) is 17.4 Å². The average Bonchev–Trinajstić information content (AvgIpc) is 2.89. The molecule has 0 atom stereocenters. The van der Waals surface area contributed by atoms with E-state index in [0.29, 0.717) is 24.8 Å². The van der Waals surface area contributed by atoms with Gasteiger partial charge in [-0.25, -0.2) is 4.98 Å². The van der Waals surface area contributed by atoms with Gasteiger partial charge in [-0.2, -0.15) is 0 Å². The first-order valence-electron chi connectivity index (χ1n) is 7.79. The van der Waals surface area contributed by atoms with E-state index in [-0.39, 0.29) is 6.10 Å². The summed E-state index contributed by atoms with van der Waals surface area (Å²) in [6, 6.07) is 7.69. The van der Waals surface area contributed by atoms with Gasteiger partial charge in [0.25, 0.3) is 0 Å². The summed E-state index contributed by atoms with van der Waals surface area (Å²) >= 11 is 0. The highest BCUT2D eigenvalue weighted by atomic mass is 16.6. The second-order valence-corrected chi connectivity index (χ2v) is 5.90. The molecule has 0 radical (unpaired) electrons. The number of anilines is 1. The zero-order valence-electron chi connectivity index (χ0n) is 13.7. The van der Waals surface area contributed by atoms with Gasteiger partial charge in [0.2, 0.25) is 5.88 Å². The molecule has 0 aliphatic carbocycles. The van der Waals surface area contributed by atoms with Gasteiger partial charge in [-0.3, -0.25) is 0 Å². The van der Waals surface area contributed by atoms with E-state index in [1.807, 2.05) is 42.1 Å². The van der Waals surface area contributed by atoms with Gasteiger partial charge >= 0.3 is 0 Å². The monoisotopic (exact) mass is 325 g/mol. The largest absolute Gasteiger partial charge is 0.485 e. The predicted molar refractivity (Wildman–Crippen MR) is 92.3 cm³/mol. The van der Waals surface area contributed by atoms with Crippen LogP contribution in [0, 0.1) is 0 Å². The lowest BCUT2D eigenvalue weighted by atomic mass is 10.0. The second-order valence-electron chi connectivity index (χ2n) is 5.90. The van der Waals surface area contributed by atoms with Crippen LogP contribution in [0.1, 0.15) is 0 Å². The molecule has 6 heteroatoms. The van der Waals surface area contributed by atoms with Crippen LogP contribution in [0.3, 0.4) is 0 Å². The van der Waals surface area contributed by atoms with Gasteiger partial charge in [-0.05, 0) is 24.3 Å². The lowest BCUT2D eigenvalue weighted by Crippen LogP contribution is -2.38. The Hall–Kier alpha value is -2.73. The molecule has 3 aromatic rings. The van der Waals surface area contributed by atoms with Gasteiger partial charge < -0.3 is 24.5 Å². The van der Waals surface area contributed by atoms with E-state index < -0.39 is 0 Å². The number of rotatable bonds is 4. The molecule has 0 spiro atoms. The summed E-state index contributed by atoms with van der Waals surface area (Å²) in [6.45, 7) is 1.24. The van der Waals surface area contributed by atoms with Crippen molar-refractivity contribution >= 4 is 16.6 Å². The standard InChI is InChI=1S/C18H19N3O3/c1-21-8-15(13-5-6-20-18(22-2)17(13)21)14-7-11(19)3-4-16(14)24-12-9-23-10-12/h3-8,12H,9-10,19H2,1-2H3. The van der Waals surface area contributed by atoms with Gasteiger partial charge in [-0.15, -0.1) is 0 Å². The zero-order valence-corrected chi connectivity index (χ0v) is 13.7. The highest BCUT2D eigenvalue weighted by Gasteiger charge is 2.23. The number of methoxy groups -OCH3 is 1. The van der Waals surface area contributed by atoms with E-state index in [1.165, 1.54) is 0 Å². The molecule has 4 rings (SSSR count). The Kier molecular flexibility index (Phi) is 3.54. The third-order valence-corrected chi connectivity index (χ3v) is 4.24. The summed E-state index contributed by atoms with van der Waals surface area (Å²) in [6.07, 6.45) is 3.89. The van der Waals surface area contributed by atoms with Gasteiger partial charge in [-0.1, -0.05) is 0 Å². The number of benzene rings is 1.